The summed E-state index contributed by atoms with van der Waals surface area (Å²) in [5, 5.41) is 6.37. The summed E-state index contributed by atoms with van der Waals surface area (Å²) in [5.41, 5.74) is 2.57. The molecule has 0 atom stereocenters. The van der Waals surface area contributed by atoms with Crippen molar-refractivity contribution in [2.24, 2.45) is 0 Å². The second kappa shape index (κ2) is 11.0. The summed E-state index contributed by atoms with van der Waals surface area (Å²) in [5.74, 6) is 0.962. The molecule has 1 aromatic heterocycles. The number of hydrogen-bond donors (Lipinski definition) is 1. The van der Waals surface area contributed by atoms with Gasteiger partial charge >= 0.3 is 0 Å². The predicted molar refractivity (Wildman–Crippen MR) is 123 cm³/mol. The first-order valence-corrected chi connectivity index (χ1v) is 11.8. The Kier molecular flexibility index (Phi) is 8.33. The standard InChI is InChI=1S/C23H36N4OS/c1-5-21(6-2)27-10-8-26(9-11-27)17-20-13-19(14-22(15-20)28-18(3)4)16-25-23-24-7-12-29-23/h7,12-15,18,21H,5-6,8-11,16-17H2,1-4H3,(H,24,25). The van der Waals surface area contributed by atoms with E-state index in [1.165, 1.54) is 37.1 Å². The molecule has 29 heavy (non-hydrogen) atoms. The van der Waals surface area contributed by atoms with Gasteiger partial charge < -0.3 is 10.1 Å². The van der Waals surface area contributed by atoms with E-state index in [0.717, 1.165) is 43.1 Å². The Hall–Kier alpha value is -1.63. The number of hydrogen-bond acceptors (Lipinski definition) is 6. The lowest BCUT2D eigenvalue weighted by molar-refractivity contribution is 0.0880. The highest BCUT2D eigenvalue weighted by Crippen LogP contribution is 2.22. The van der Waals surface area contributed by atoms with Gasteiger partial charge in [-0.25, -0.2) is 4.98 Å². The van der Waals surface area contributed by atoms with Crippen molar-refractivity contribution in [3.63, 3.8) is 0 Å². The molecule has 0 amide bonds. The van der Waals surface area contributed by atoms with Crippen molar-refractivity contribution >= 4 is 16.5 Å². The monoisotopic (exact) mass is 416 g/mol. The van der Waals surface area contributed by atoms with Crippen LogP contribution < -0.4 is 10.1 Å². The maximum absolute atomic E-state index is 6.03. The SMILES string of the molecule is CCC(CC)N1CCN(Cc2cc(CNc3nccs3)cc(OC(C)C)c2)CC1. The number of thiazole rings is 1. The summed E-state index contributed by atoms with van der Waals surface area (Å²) < 4.78 is 6.03. The summed E-state index contributed by atoms with van der Waals surface area (Å²) in [6.07, 6.45) is 4.51. The normalized spacial score (nSPS) is 15.9. The molecule has 0 spiro atoms. The number of ether oxygens (including phenoxy) is 1. The van der Waals surface area contributed by atoms with Gasteiger partial charge in [0.2, 0.25) is 0 Å². The molecule has 6 heteroatoms. The largest absolute Gasteiger partial charge is 0.491 e. The van der Waals surface area contributed by atoms with E-state index in [1.54, 1.807) is 11.3 Å². The number of anilines is 1. The van der Waals surface area contributed by atoms with E-state index in [1.807, 2.05) is 11.6 Å². The zero-order valence-corrected chi connectivity index (χ0v) is 19.2. The van der Waals surface area contributed by atoms with Gasteiger partial charge in [0.25, 0.3) is 0 Å². The zero-order chi connectivity index (χ0) is 20.6. The molecule has 2 aromatic rings. The Labute approximate surface area is 180 Å². The van der Waals surface area contributed by atoms with E-state index in [-0.39, 0.29) is 6.10 Å². The van der Waals surface area contributed by atoms with Gasteiger partial charge in [0.1, 0.15) is 5.75 Å². The molecule has 1 aliphatic heterocycles. The number of nitrogens with one attached hydrogen (secondary N) is 1. The van der Waals surface area contributed by atoms with Gasteiger partial charge in [0.15, 0.2) is 5.13 Å². The van der Waals surface area contributed by atoms with Crippen LogP contribution in [0.25, 0.3) is 0 Å². The van der Waals surface area contributed by atoms with Crippen molar-refractivity contribution in [3.05, 3.63) is 40.9 Å². The lowest BCUT2D eigenvalue weighted by Crippen LogP contribution is -2.49. The first-order chi connectivity index (χ1) is 14.1. The Bertz CT molecular complexity index is 722. The number of rotatable bonds is 10. The van der Waals surface area contributed by atoms with Crippen molar-refractivity contribution in [3.8, 4) is 5.75 Å². The Morgan fingerprint density at radius 1 is 1.07 bits per heavy atom. The van der Waals surface area contributed by atoms with Crippen LogP contribution in [-0.2, 0) is 13.1 Å². The fraction of sp³-hybridized carbons (Fsp3) is 0.609. The van der Waals surface area contributed by atoms with Crippen molar-refractivity contribution in [1.29, 1.82) is 0 Å². The number of aromatic nitrogens is 1. The summed E-state index contributed by atoms with van der Waals surface area (Å²) in [7, 11) is 0. The summed E-state index contributed by atoms with van der Waals surface area (Å²) in [6, 6.07) is 7.40. The highest BCUT2D eigenvalue weighted by atomic mass is 32.1. The van der Waals surface area contributed by atoms with Crippen LogP contribution in [0, 0.1) is 0 Å². The van der Waals surface area contributed by atoms with Crippen molar-refractivity contribution < 1.29 is 4.74 Å². The molecule has 0 unspecified atom stereocenters. The lowest BCUT2D eigenvalue weighted by Gasteiger charge is -2.39. The molecule has 1 fully saturated rings. The number of piperazine rings is 1. The fourth-order valence-corrected chi connectivity index (χ4v) is 4.63. The maximum Gasteiger partial charge on any atom is 0.182 e. The van der Waals surface area contributed by atoms with Crippen LogP contribution in [-0.4, -0.2) is 53.1 Å². The predicted octanol–water partition coefficient (Wildman–Crippen LogP) is 4.85. The zero-order valence-electron chi connectivity index (χ0n) is 18.4. The van der Waals surface area contributed by atoms with Gasteiger partial charge in [-0.15, -0.1) is 11.3 Å². The Balaban J connectivity index is 1.63. The van der Waals surface area contributed by atoms with E-state index in [2.05, 4.69) is 66.0 Å². The molecule has 160 valence electrons. The van der Waals surface area contributed by atoms with E-state index in [4.69, 9.17) is 4.74 Å². The maximum atomic E-state index is 6.03. The molecule has 1 N–H and O–H groups in total. The molecule has 0 saturated carbocycles. The second-order valence-corrected chi connectivity index (χ2v) is 9.02. The second-order valence-electron chi connectivity index (χ2n) is 8.13. The minimum Gasteiger partial charge on any atom is -0.491 e. The number of benzene rings is 1. The van der Waals surface area contributed by atoms with Gasteiger partial charge in [-0.05, 0) is 49.9 Å². The van der Waals surface area contributed by atoms with Gasteiger partial charge in [-0.3, -0.25) is 9.80 Å². The van der Waals surface area contributed by atoms with Crippen molar-refractivity contribution in [2.45, 2.75) is 65.8 Å². The average Bonchev–Trinajstić information content (AvgIpc) is 3.22. The van der Waals surface area contributed by atoms with E-state index in [0.29, 0.717) is 0 Å². The molecule has 1 saturated heterocycles. The van der Waals surface area contributed by atoms with Gasteiger partial charge in [0.05, 0.1) is 6.10 Å². The van der Waals surface area contributed by atoms with Crippen LogP contribution in [0.5, 0.6) is 5.75 Å². The third-order valence-corrected chi connectivity index (χ3v) is 6.28. The third-order valence-electron chi connectivity index (χ3n) is 5.55. The van der Waals surface area contributed by atoms with Gasteiger partial charge in [0, 0.05) is 56.9 Å². The van der Waals surface area contributed by atoms with Crippen LogP contribution in [0.3, 0.4) is 0 Å². The molecule has 0 radical (unpaired) electrons. The molecule has 1 aromatic carbocycles. The first kappa shape index (κ1) is 22.1. The molecule has 0 aliphatic carbocycles. The smallest absolute Gasteiger partial charge is 0.182 e. The van der Waals surface area contributed by atoms with Crippen LogP contribution >= 0.6 is 11.3 Å². The molecule has 5 nitrogen and oxygen atoms in total. The van der Waals surface area contributed by atoms with Crippen LogP contribution in [0.1, 0.15) is 51.7 Å². The van der Waals surface area contributed by atoms with Gasteiger partial charge in [-0.1, -0.05) is 19.9 Å². The molecule has 0 bridgehead atoms. The lowest BCUT2D eigenvalue weighted by atomic mass is 10.1. The van der Waals surface area contributed by atoms with E-state index < -0.39 is 0 Å². The molecule has 1 aliphatic rings. The van der Waals surface area contributed by atoms with Crippen LogP contribution in [0.2, 0.25) is 0 Å². The van der Waals surface area contributed by atoms with Crippen LogP contribution in [0.4, 0.5) is 5.13 Å². The van der Waals surface area contributed by atoms with Crippen molar-refractivity contribution in [2.75, 3.05) is 31.5 Å². The summed E-state index contributed by atoms with van der Waals surface area (Å²) in [6.45, 7) is 15.1. The number of nitrogens with zero attached hydrogens (tertiary/aromatic N) is 3. The fourth-order valence-electron chi connectivity index (χ4n) is 4.10. The minimum atomic E-state index is 0.175. The quantitative estimate of drug-likeness (QED) is 0.600. The Morgan fingerprint density at radius 2 is 1.79 bits per heavy atom. The van der Waals surface area contributed by atoms with Gasteiger partial charge in [-0.2, -0.15) is 0 Å². The van der Waals surface area contributed by atoms with E-state index in [9.17, 15) is 0 Å². The molecular formula is C23H36N4OS. The highest BCUT2D eigenvalue weighted by molar-refractivity contribution is 7.13. The minimum absolute atomic E-state index is 0.175. The Morgan fingerprint density at radius 3 is 2.41 bits per heavy atom. The molecule has 3 rings (SSSR count). The first-order valence-electron chi connectivity index (χ1n) is 11.0. The molecular weight excluding hydrogens is 380 g/mol. The summed E-state index contributed by atoms with van der Waals surface area (Å²) >= 11 is 1.63. The van der Waals surface area contributed by atoms with Crippen molar-refractivity contribution in [1.82, 2.24) is 14.8 Å². The third kappa shape index (κ3) is 6.69. The molecule has 2 heterocycles. The van der Waals surface area contributed by atoms with Crippen LogP contribution in [0.15, 0.2) is 29.8 Å². The van der Waals surface area contributed by atoms with E-state index >= 15 is 0 Å². The highest BCUT2D eigenvalue weighted by Gasteiger charge is 2.21. The topological polar surface area (TPSA) is 40.6 Å². The summed E-state index contributed by atoms with van der Waals surface area (Å²) in [4.78, 5) is 9.56. The average molecular weight is 417 g/mol.